The first kappa shape index (κ1) is 15.4. The van der Waals surface area contributed by atoms with Crippen molar-refractivity contribution in [2.24, 2.45) is 5.41 Å². The van der Waals surface area contributed by atoms with Crippen molar-refractivity contribution in [3.05, 3.63) is 5.82 Å². The SMILES string of the molecule is CC(O)CC(C)(C)CNc1nc(C(C)(C)C)ns1. The third-order valence-corrected chi connectivity index (χ3v) is 3.34. The van der Waals surface area contributed by atoms with Crippen molar-refractivity contribution in [1.82, 2.24) is 9.36 Å². The molecule has 18 heavy (non-hydrogen) atoms. The van der Waals surface area contributed by atoms with Gasteiger partial charge in [0.1, 0.15) is 5.82 Å². The van der Waals surface area contributed by atoms with Crippen LogP contribution in [0.1, 0.15) is 53.8 Å². The molecule has 0 radical (unpaired) electrons. The second-order valence-electron chi connectivity index (χ2n) is 6.74. The Morgan fingerprint density at radius 1 is 1.28 bits per heavy atom. The van der Waals surface area contributed by atoms with E-state index in [1.807, 2.05) is 6.92 Å². The van der Waals surface area contributed by atoms with Gasteiger partial charge in [-0.1, -0.05) is 34.6 Å². The first-order valence-electron chi connectivity index (χ1n) is 6.36. The standard InChI is InChI=1S/C13H25N3OS/c1-9(17)7-13(5,6)8-14-11-15-10(16-18-11)12(2,3)4/h9,17H,7-8H2,1-6H3,(H,14,15,16). The van der Waals surface area contributed by atoms with Crippen LogP contribution in [0.25, 0.3) is 0 Å². The molecule has 0 aliphatic heterocycles. The van der Waals surface area contributed by atoms with Gasteiger partial charge in [0.05, 0.1) is 6.10 Å². The average molecular weight is 271 g/mol. The zero-order chi connectivity index (χ0) is 14.0. The van der Waals surface area contributed by atoms with E-state index in [1.54, 1.807) is 0 Å². The molecule has 104 valence electrons. The molecule has 1 heterocycles. The minimum Gasteiger partial charge on any atom is -0.393 e. The highest BCUT2D eigenvalue weighted by molar-refractivity contribution is 7.09. The molecule has 2 N–H and O–H groups in total. The molecule has 1 aromatic rings. The molecule has 1 atom stereocenters. The fraction of sp³-hybridized carbons (Fsp3) is 0.846. The number of rotatable bonds is 5. The van der Waals surface area contributed by atoms with Gasteiger partial charge in [0.25, 0.3) is 0 Å². The van der Waals surface area contributed by atoms with E-state index in [1.165, 1.54) is 11.5 Å². The van der Waals surface area contributed by atoms with Crippen LogP contribution in [0.2, 0.25) is 0 Å². The predicted octanol–water partition coefficient (Wildman–Crippen LogP) is 3.04. The minimum atomic E-state index is -0.277. The number of hydrogen-bond donors (Lipinski definition) is 2. The molecule has 1 unspecified atom stereocenters. The van der Waals surface area contributed by atoms with Crippen LogP contribution in [-0.2, 0) is 5.41 Å². The minimum absolute atomic E-state index is 0.00837. The van der Waals surface area contributed by atoms with E-state index in [4.69, 9.17) is 0 Å². The second-order valence-corrected chi connectivity index (χ2v) is 7.50. The van der Waals surface area contributed by atoms with Crippen LogP contribution < -0.4 is 5.32 Å². The van der Waals surface area contributed by atoms with Crippen LogP contribution in [0.4, 0.5) is 5.13 Å². The summed E-state index contributed by atoms with van der Waals surface area (Å²) in [6.07, 6.45) is 0.492. The Balaban J connectivity index is 2.56. The fourth-order valence-corrected chi connectivity index (χ4v) is 2.54. The van der Waals surface area contributed by atoms with Crippen LogP contribution >= 0.6 is 11.5 Å². The van der Waals surface area contributed by atoms with Crippen molar-refractivity contribution in [2.75, 3.05) is 11.9 Å². The molecule has 1 rings (SSSR count). The molecule has 0 fully saturated rings. The van der Waals surface area contributed by atoms with Gasteiger partial charge in [0.2, 0.25) is 5.13 Å². The molecule has 0 bridgehead atoms. The number of hydrogen-bond acceptors (Lipinski definition) is 5. The molecule has 4 nitrogen and oxygen atoms in total. The van der Waals surface area contributed by atoms with Crippen molar-refractivity contribution < 1.29 is 5.11 Å². The summed E-state index contributed by atoms with van der Waals surface area (Å²) in [5.74, 6) is 0.878. The maximum atomic E-state index is 9.44. The van der Waals surface area contributed by atoms with Crippen molar-refractivity contribution in [2.45, 2.75) is 59.5 Å². The van der Waals surface area contributed by atoms with E-state index < -0.39 is 0 Å². The van der Waals surface area contributed by atoms with E-state index >= 15 is 0 Å². The molecule has 0 amide bonds. The maximum Gasteiger partial charge on any atom is 0.202 e. The number of anilines is 1. The van der Waals surface area contributed by atoms with Gasteiger partial charge in [0.15, 0.2) is 0 Å². The van der Waals surface area contributed by atoms with E-state index in [0.29, 0.717) is 0 Å². The maximum absolute atomic E-state index is 9.44. The van der Waals surface area contributed by atoms with Gasteiger partial charge in [-0.3, -0.25) is 0 Å². The lowest BCUT2D eigenvalue weighted by Gasteiger charge is -2.26. The summed E-state index contributed by atoms with van der Waals surface area (Å²) in [5.41, 5.74) is 0.0350. The largest absolute Gasteiger partial charge is 0.393 e. The average Bonchev–Trinajstić information content (AvgIpc) is 2.60. The number of aromatic nitrogens is 2. The Bertz CT molecular complexity index is 380. The monoisotopic (exact) mass is 271 g/mol. The summed E-state index contributed by atoms with van der Waals surface area (Å²) in [6.45, 7) is 13.2. The Morgan fingerprint density at radius 3 is 2.33 bits per heavy atom. The lowest BCUT2D eigenvalue weighted by Crippen LogP contribution is -2.27. The molecule has 0 spiro atoms. The number of aliphatic hydroxyl groups is 1. The predicted molar refractivity (Wildman–Crippen MR) is 77.2 cm³/mol. The summed E-state index contributed by atoms with van der Waals surface area (Å²) in [4.78, 5) is 4.50. The first-order valence-corrected chi connectivity index (χ1v) is 7.14. The zero-order valence-corrected chi connectivity index (χ0v) is 13.1. The van der Waals surface area contributed by atoms with Crippen LogP contribution in [-0.4, -0.2) is 27.1 Å². The summed E-state index contributed by atoms with van der Waals surface area (Å²) in [5, 5.41) is 13.6. The van der Waals surface area contributed by atoms with Gasteiger partial charge in [-0.05, 0) is 18.8 Å². The summed E-state index contributed by atoms with van der Waals surface area (Å²) < 4.78 is 4.37. The van der Waals surface area contributed by atoms with Gasteiger partial charge in [-0.25, -0.2) is 4.98 Å². The number of nitrogens with one attached hydrogen (secondary N) is 1. The quantitative estimate of drug-likeness (QED) is 0.864. The van der Waals surface area contributed by atoms with Crippen LogP contribution in [0, 0.1) is 5.41 Å². The zero-order valence-electron chi connectivity index (χ0n) is 12.2. The van der Waals surface area contributed by atoms with E-state index in [2.05, 4.69) is 49.3 Å². The van der Waals surface area contributed by atoms with Crippen LogP contribution in [0.5, 0.6) is 0 Å². The third-order valence-electron chi connectivity index (χ3n) is 2.66. The van der Waals surface area contributed by atoms with Gasteiger partial charge in [-0.15, -0.1) is 0 Å². The fourth-order valence-electron chi connectivity index (χ4n) is 1.79. The molecule has 1 aromatic heterocycles. The first-order chi connectivity index (χ1) is 8.10. The van der Waals surface area contributed by atoms with E-state index in [9.17, 15) is 5.11 Å². The highest BCUT2D eigenvalue weighted by Gasteiger charge is 2.22. The van der Waals surface area contributed by atoms with Crippen molar-refractivity contribution >= 4 is 16.7 Å². The van der Waals surface area contributed by atoms with Crippen LogP contribution in [0.3, 0.4) is 0 Å². The molecule has 0 saturated carbocycles. The Kier molecular flexibility index (Phi) is 4.72. The molecule has 0 aromatic carbocycles. The van der Waals surface area contributed by atoms with Gasteiger partial charge in [-0.2, -0.15) is 4.37 Å². The third kappa shape index (κ3) is 4.90. The summed E-state index contributed by atoms with van der Waals surface area (Å²) in [6, 6.07) is 0. The highest BCUT2D eigenvalue weighted by Crippen LogP contribution is 2.26. The number of nitrogens with zero attached hydrogens (tertiary/aromatic N) is 2. The Labute approximate surface area is 114 Å². The van der Waals surface area contributed by atoms with Gasteiger partial charge < -0.3 is 10.4 Å². The van der Waals surface area contributed by atoms with Crippen molar-refractivity contribution in [3.63, 3.8) is 0 Å². The topological polar surface area (TPSA) is 58.0 Å². The molecular weight excluding hydrogens is 246 g/mol. The lowest BCUT2D eigenvalue weighted by atomic mass is 9.87. The van der Waals surface area contributed by atoms with E-state index in [-0.39, 0.29) is 16.9 Å². The second kappa shape index (κ2) is 5.53. The van der Waals surface area contributed by atoms with Gasteiger partial charge in [0, 0.05) is 23.5 Å². The molecular formula is C13H25N3OS. The molecule has 0 aliphatic rings. The van der Waals surface area contributed by atoms with E-state index in [0.717, 1.165) is 23.9 Å². The number of aliphatic hydroxyl groups excluding tert-OH is 1. The highest BCUT2D eigenvalue weighted by atomic mass is 32.1. The smallest absolute Gasteiger partial charge is 0.202 e. The Morgan fingerprint density at radius 2 is 1.89 bits per heavy atom. The van der Waals surface area contributed by atoms with Crippen LogP contribution in [0.15, 0.2) is 0 Å². The molecule has 0 aliphatic carbocycles. The molecule has 5 heteroatoms. The van der Waals surface area contributed by atoms with Crippen molar-refractivity contribution in [3.8, 4) is 0 Å². The normalized spacial score (nSPS) is 14.6. The van der Waals surface area contributed by atoms with Crippen molar-refractivity contribution in [1.29, 1.82) is 0 Å². The molecule has 0 saturated heterocycles. The Hall–Kier alpha value is -0.680. The van der Waals surface area contributed by atoms with Gasteiger partial charge >= 0.3 is 0 Å². The lowest BCUT2D eigenvalue weighted by molar-refractivity contribution is 0.135. The summed E-state index contributed by atoms with van der Waals surface area (Å²) in [7, 11) is 0. The summed E-state index contributed by atoms with van der Waals surface area (Å²) >= 11 is 1.40.